The van der Waals surface area contributed by atoms with Gasteiger partial charge in [0.1, 0.15) is 5.82 Å². The highest BCUT2D eigenvalue weighted by molar-refractivity contribution is 5.89. The van der Waals surface area contributed by atoms with E-state index in [0.29, 0.717) is 19.6 Å². The Kier molecular flexibility index (Phi) is 7.66. The van der Waals surface area contributed by atoms with Crippen molar-refractivity contribution in [2.45, 2.75) is 46.2 Å². The third kappa shape index (κ3) is 6.21. The molecule has 2 aromatic carbocycles. The Morgan fingerprint density at radius 2 is 1.87 bits per heavy atom. The van der Waals surface area contributed by atoms with E-state index in [4.69, 9.17) is 0 Å². The van der Waals surface area contributed by atoms with Crippen LogP contribution in [0.2, 0.25) is 0 Å². The molecule has 0 spiro atoms. The number of urea groups is 1. The second-order valence-electron chi connectivity index (χ2n) is 7.68. The summed E-state index contributed by atoms with van der Waals surface area (Å²) in [7, 11) is 0. The summed E-state index contributed by atoms with van der Waals surface area (Å²) in [6, 6.07) is 18.3. The van der Waals surface area contributed by atoms with Crippen molar-refractivity contribution in [3.63, 3.8) is 0 Å². The van der Waals surface area contributed by atoms with Crippen LogP contribution in [0.4, 0.5) is 14.9 Å². The third-order valence-electron chi connectivity index (χ3n) is 5.14. The zero-order chi connectivity index (χ0) is 21.3. The van der Waals surface area contributed by atoms with Gasteiger partial charge in [-0.25, -0.2) is 9.18 Å². The summed E-state index contributed by atoms with van der Waals surface area (Å²) < 4.78 is 15.6. The molecule has 0 atom stereocenters. The lowest BCUT2D eigenvalue weighted by Crippen LogP contribution is -2.36. The molecule has 0 saturated carbocycles. The summed E-state index contributed by atoms with van der Waals surface area (Å²) in [6.07, 6.45) is 5.12. The zero-order valence-electron chi connectivity index (χ0n) is 17.8. The first-order valence-corrected chi connectivity index (χ1v) is 10.6. The van der Waals surface area contributed by atoms with Crippen LogP contribution in [0.3, 0.4) is 0 Å². The number of amides is 2. The van der Waals surface area contributed by atoms with Crippen LogP contribution in [-0.2, 0) is 13.1 Å². The number of aromatic nitrogens is 1. The van der Waals surface area contributed by atoms with Crippen LogP contribution in [0, 0.1) is 12.7 Å². The SMILES string of the molecule is CCCCCN(Cc1cccn1Cc1cccc(F)c1)C(=O)Nc1ccc(C)cc1. The van der Waals surface area contributed by atoms with Gasteiger partial charge in [-0.1, -0.05) is 49.6 Å². The molecule has 1 aromatic heterocycles. The van der Waals surface area contributed by atoms with Crippen molar-refractivity contribution in [1.82, 2.24) is 9.47 Å². The number of nitrogens with zero attached hydrogens (tertiary/aromatic N) is 2. The van der Waals surface area contributed by atoms with Gasteiger partial charge in [-0.05, 0) is 55.3 Å². The molecular weight excluding hydrogens is 377 g/mol. The predicted octanol–water partition coefficient (Wildman–Crippen LogP) is 6.21. The first-order chi connectivity index (χ1) is 14.5. The Bertz CT molecular complexity index is 949. The average molecular weight is 408 g/mol. The van der Waals surface area contributed by atoms with Gasteiger partial charge in [-0.3, -0.25) is 0 Å². The Hall–Kier alpha value is -3.08. The normalized spacial score (nSPS) is 10.8. The van der Waals surface area contributed by atoms with E-state index in [-0.39, 0.29) is 11.8 Å². The van der Waals surface area contributed by atoms with Crippen molar-refractivity contribution in [3.05, 3.63) is 89.5 Å². The maximum Gasteiger partial charge on any atom is 0.322 e. The second kappa shape index (κ2) is 10.6. The highest BCUT2D eigenvalue weighted by atomic mass is 19.1. The predicted molar refractivity (Wildman–Crippen MR) is 120 cm³/mol. The lowest BCUT2D eigenvalue weighted by atomic mass is 10.2. The van der Waals surface area contributed by atoms with Gasteiger partial charge >= 0.3 is 6.03 Å². The summed E-state index contributed by atoms with van der Waals surface area (Å²) in [5.74, 6) is -0.236. The summed E-state index contributed by atoms with van der Waals surface area (Å²) in [5.41, 5.74) is 3.87. The molecule has 0 fully saturated rings. The first-order valence-electron chi connectivity index (χ1n) is 10.6. The number of unbranched alkanes of at least 4 members (excludes halogenated alkanes) is 2. The Morgan fingerprint density at radius 1 is 1.07 bits per heavy atom. The van der Waals surface area contributed by atoms with Crippen molar-refractivity contribution >= 4 is 11.7 Å². The molecule has 2 amide bonds. The van der Waals surface area contributed by atoms with Gasteiger partial charge in [0.15, 0.2) is 0 Å². The van der Waals surface area contributed by atoms with Crippen LogP contribution in [0.1, 0.15) is 43.0 Å². The van der Waals surface area contributed by atoms with Crippen molar-refractivity contribution in [3.8, 4) is 0 Å². The number of anilines is 1. The molecule has 30 heavy (non-hydrogen) atoms. The fourth-order valence-corrected chi connectivity index (χ4v) is 3.42. The number of aryl methyl sites for hydroxylation is 1. The second-order valence-corrected chi connectivity index (χ2v) is 7.68. The number of hydrogen-bond acceptors (Lipinski definition) is 1. The molecule has 0 bridgehead atoms. The third-order valence-corrected chi connectivity index (χ3v) is 5.14. The molecule has 0 saturated heterocycles. The molecule has 0 unspecified atom stereocenters. The van der Waals surface area contributed by atoms with Gasteiger partial charge < -0.3 is 14.8 Å². The number of hydrogen-bond donors (Lipinski definition) is 1. The van der Waals surface area contributed by atoms with Crippen LogP contribution in [-0.4, -0.2) is 22.0 Å². The van der Waals surface area contributed by atoms with Gasteiger partial charge in [0, 0.05) is 30.7 Å². The number of nitrogens with one attached hydrogen (secondary N) is 1. The highest BCUT2D eigenvalue weighted by Gasteiger charge is 2.16. The molecule has 5 heteroatoms. The molecule has 158 valence electrons. The molecule has 1 N–H and O–H groups in total. The minimum absolute atomic E-state index is 0.103. The van der Waals surface area contributed by atoms with E-state index < -0.39 is 0 Å². The van der Waals surface area contributed by atoms with Crippen molar-refractivity contribution in [2.75, 3.05) is 11.9 Å². The minimum Gasteiger partial charge on any atom is -0.345 e. The summed E-state index contributed by atoms with van der Waals surface area (Å²) in [5, 5.41) is 3.01. The number of carbonyl (C=O) groups excluding carboxylic acids is 1. The van der Waals surface area contributed by atoms with Gasteiger partial charge in [0.2, 0.25) is 0 Å². The van der Waals surface area contributed by atoms with Crippen LogP contribution in [0.5, 0.6) is 0 Å². The lowest BCUT2D eigenvalue weighted by molar-refractivity contribution is 0.206. The van der Waals surface area contributed by atoms with Crippen molar-refractivity contribution in [2.24, 2.45) is 0 Å². The standard InChI is InChI=1S/C25H30FN3O/c1-3-4-5-15-29(25(30)27-23-13-11-20(2)12-14-23)19-24-10-7-16-28(24)18-21-8-6-9-22(26)17-21/h6-14,16-17H,3-5,15,18-19H2,1-2H3,(H,27,30). The fourth-order valence-electron chi connectivity index (χ4n) is 3.42. The van der Waals surface area contributed by atoms with E-state index in [9.17, 15) is 9.18 Å². The first kappa shape index (κ1) is 21.6. The summed E-state index contributed by atoms with van der Waals surface area (Å²) >= 11 is 0. The minimum atomic E-state index is -0.236. The van der Waals surface area contributed by atoms with Crippen molar-refractivity contribution in [1.29, 1.82) is 0 Å². The van der Waals surface area contributed by atoms with Gasteiger partial charge in [0.25, 0.3) is 0 Å². The molecule has 0 aliphatic heterocycles. The Balaban J connectivity index is 1.72. The van der Waals surface area contributed by atoms with E-state index in [1.54, 1.807) is 12.1 Å². The van der Waals surface area contributed by atoms with Gasteiger partial charge in [0.05, 0.1) is 6.54 Å². The monoisotopic (exact) mass is 407 g/mol. The Morgan fingerprint density at radius 3 is 2.60 bits per heavy atom. The number of benzene rings is 2. The molecule has 0 aliphatic rings. The molecule has 0 radical (unpaired) electrons. The van der Waals surface area contributed by atoms with Crippen LogP contribution in [0.25, 0.3) is 0 Å². The van der Waals surface area contributed by atoms with Crippen LogP contribution < -0.4 is 5.32 Å². The lowest BCUT2D eigenvalue weighted by Gasteiger charge is -2.24. The fraction of sp³-hybridized carbons (Fsp3) is 0.320. The Labute approximate surface area is 178 Å². The van der Waals surface area contributed by atoms with E-state index in [1.165, 1.54) is 6.07 Å². The molecular formula is C25H30FN3O. The van der Waals surface area contributed by atoms with Crippen molar-refractivity contribution < 1.29 is 9.18 Å². The maximum absolute atomic E-state index is 13.5. The molecule has 1 heterocycles. The van der Waals surface area contributed by atoms with E-state index >= 15 is 0 Å². The van der Waals surface area contributed by atoms with E-state index in [1.807, 2.05) is 60.5 Å². The largest absolute Gasteiger partial charge is 0.345 e. The van der Waals surface area contributed by atoms with Gasteiger partial charge in [-0.2, -0.15) is 0 Å². The smallest absolute Gasteiger partial charge is 0.322 e. The summed E-state index contributed by atoms with van der Waals surface area (Å²) in [4.78, 5) is 14.8. The van der Waals surface area contributed by atoms with E-state index in [0.717, 1.165) is 41.8 Å². The molecule has 4 nitrogen and oxygen atoms in total. The molecule has 3 aromatic rings. The molecule has 3 rings (SSSR count). The quantitative estimate of drug-likeness (QED) is 0.421. The number of rotatable bonds is 9. The zero-order valence-corrected chi connectivity index (χ0v) is 17.8. The summed E-state index contributed by atoms with van der Waals surface area (Å²) in [6.45, 7) is 5.94. The number of carbonyl (C=O) groups is 1. The van der Waals surface area contributed by atoms with Crippen LogP contribution >= 0.6 is 0 Å². The highest BCUT2D eigenvalue weighted by Crippen LogP contribution is 2.15. The van der Waals surface area contributed by atoms with Gasteiger partial charge in [-0.15, -0.1) is 0 Å². The number of halogens is 1. The molecule has 0 aliphatic carbocycles. The topological polar surface area (TPSA) is 37.3 Å². The maximum atomic E-state index is 13.5. The van der Waals surface area contributed by atoms with Crippen LogP contribution in [0.15, 0.2) is 66.9 Å². The average Bonchev–Trinajstić information content (AvgIpc) is 3.15. The van der Waals surface area contributed by atoms with E-state index in [2.05, 4.69) is 16.8 Å².